The van der Waals surface area contributed by atoms with E-state index in [-0.39, 0.29) is 13.0 Å². The number of carbonyl (C=O) groups excluding carboxylic acids is 4. The fourth-order valence-corrected chi connectivity index (χ4v) is 3.64. The minimum atomic E-state index is -3.34. The lowest BCUT2D eigenvalue weighted by molar-refractivity contribution is -0.170. The molecular weight excluding hydrogens is 558 g/mol. The molecule has 1 aliphatic heterocycles. The second kappa shape index (κ2) is 14.5. The summed E-state index contributed by atoms with van der Waals surface area (Å²) >= 11 is 0. The van der Waals surface area contributed by atoms with E-state index >= 15 is 0 Å². The highest BCUT2D eigenvalue weighted by molar-refractivity contribution is 5.98. The first-order valence-corrected chi connectivity index (χ1v) is 12.7. The number of rotatable bonds is 15. The molecule has 15 heteroatoms. The molecule has 1 aliphatic rings. The lowest BCUT2D eigenvalue weighted by Crippen LogP contribution is -2.60. The van der Waals surface area contributed by atoms with E-state index in [1.54, 1.807) is 30.3 Å². The average molecular weight is 594 g/mol. The molecule has 0 bridgehead atoms. The molecule has 1 aromatic carbocycles. The number of Topliss-reactive ketones (excluding diaryl/α,β-unsaturated/α-hetero) is 1. The van der Waals surface area contributed by atoms with Crippen LogP contribution >= 0.6 is 0 Å². The maximum atomic E-state index is 13.2. The molecule has 5 atom stereocenters. The van der Waals surface area contributed by atoms with Gasteiger partial charge in [-0.1, -0.05) is 30.3 Å². The first-order valence-electron chi connectivity index (χ1n) is 12.7. The lowest BCUT2D eigenvalue weighted by Gasteiger charge is -2.29. The van der Waals surface area contributed by atoms with E-state index in [9.17, 15) is 36.7 Å². The Morgan fingerprint density at radius 3 is 2.05 bits per heavy atom. The van der Waals surface area contributed by atoms with Crippen molar-refractivity contribution in [2.24, 2.45) is 0 Å². The minimum absolute atomic E-state index is 0.0167. The highest BCUT2D eigenvalue weighted by Gasteiger charge is 2.50. The number of amides is 3. The Morgan fingerprint density at radius 2 is 1.54 bits per heavy atom. The molecule has 0 saturated carbocycles. The second-order valence-corrected chi connectivity index (χ2v) is 10.5. The molecule has 3 N–H and O–H groups in total. The van der Waals surface area contributed by atoms with Gasteiger partial charge in [-0.2, -0.15) is 17.6 Å². The van der Waals surface area contributed by atoms with E-state index in [0.717, 1.165) is 6.92 Å². The Kier molecular flexibility index (Phi) is 12.0. The van der Waals surface area contributed by atoms with Crippen LogP contribution in [0.5, 0.6) is 0 Å². The van der Waals surface area contributed by atoms with Gasteiger partial charge >= 0.3 is 19.3 Å². The number of halogens is 4. The van der Waals surface area contributed by atoms with Gasteiger partial charge in [0.1, 0.15) is 23.3 Å². The van der Waals surface area contributed by atoms with E-state index in [1.807, 2.05) is 0 Å². The molecule has 230 valence electrons. The molecule has 3 amide bonds. The molecule has 1 heterocycles. The van der Waals surface area contributed by atoms with Crippen molar-refractivity contribution in [2.75, 3.05) is 13.2 Å². The molecule has 11 nitrogen and oxygen atoms in total. The zero-order valence-corrected chi connectivity index (χ0v) is 23.3. The number of alkyl halides is 4. The van der Waals surface area contributed by atoms with E-state index in [1.165, 1.54) is 27.7 Å². The molecule has 1 aromatic rings. The van der Waals surface area contributed by atoms with Crippen molar-refractivity contribution >= 4 is 23.7 Å². The second-order valence-electron chi connectivity index (χ2n) is 10.5. The van der Waals surface area contributed by atoms with Gasteiger partial charge in [-0.3, -0.25) is 14.4 Å². The van der Waals surface area contributed by atoms with Gasteiger partial charge < -0.3 is 34.9 Å². The summed E-state index contributed by atoms with van der Waals surface area (Å²) in [5.41, 5.74) is -1.51. The molecule has 0 aliphatic carbocycles. The number of benzene rings is 1. The monoisotopic (exact) mass is 593 g/mol. The van der Waals surface area contributed by atoms with Crippen molar-refractivity contribution < 1.29 is 55.7 Å². The largest absolute Gasteiger partial charge is 0.444 e. The lowest BCUT2D eigenvalue weighted by atomic mass is 9.94. The van der Waals surface area contributed by atoms with Gasteiger partial charge in [0.05, 0.1) is 25.4 Å². The molecule has 0 spiro atoms. The summed E-state index contributed by atoms with van der Waals surface area (Å²) in [7, 11) is 0. The Bertz CT molecular complexity index is 1050. The topological polar surface area (TPSA) is 145 Å². The third kappa shape index (κ3) is 11.6. The quantitative estimate of drug-likeness (QED) is 0.208. The van der Waals surface area contributed by atoms with E-state index < -0.39 is 79.0 Å². The first kappa shape index (κ1) is 33.9. The molecule has 1 fully saturated rings. The van der Waals surface area contributed by atoms with Gasteiger partial charge in [0.2, 0.25) is 11.8 Å². The molecule has 5 unspecified atom stereocenters. The Balaban J connectivity index is 2.27. The van der Waals surface area contributed by atoms with E-state index in [2.05, 4.69) is 25.4 Å². The van der Waals surface area contributed by atoms with Crippen LogP contribution in [0.2, 0.25) is 0 Å². The van der Waals surface area contributed by atoms with E-state index in [4.69, 9.17) is 9.47 Å². The normalized spacial score (nSPS) is 19.6. The van der Waals surface area contributed by atoms with Crippen LogP contribution in [-0.2, 0) is 39.8 Å². The highest BCUT2D eigenvalue weighted by atomic mass is 19.3. The number of carbonyl (C=O) groups is 4. The first-order chi connectivity index (χ1) is 19.0. The Labute approximate surface area is 234 Å². The predicted octanol–water partition coefficient (Wildman–Crippen LogP) is 2.32. The molecule has 0 radical (unpaired) electrons. The van der Waals surface area contributed by atoms with Crippen LogP contribution < -0.4 is 16.0 Å². The third-order valence-electron chi connectivity index (χ3n) is 5.78. The van der Waals surface area contributed by atoms with Crippen molar-refractivity contribution in [1.82, 2.24) is 16.0 Å². The zero-order valence-electron chi connectivity index (χ0n) is 23.3. The summed E-state index contributed by atoms with van der Waals surface area (Å²) in [6.45, 7) is -0.494. The summed E-state index contributed by atoms with van der Waals surface area (Å²) in [6.07, 6.45) is -2.80. The van der Waals surface area contributed by atoms with Crippen LogP contribution in [0.25, 0.3) is 0 Å². The SMILES string of the molecule is CC(OC(F)F)C(NC(=O)OC(C)(C)C)C(=O)NC(COC(F)F)C(=O)NC(Cc1ccccc1)C(=O)C1(C)CO1. The summed E-state index contributed by atoms with van der Waals surface area (Å²) in [5.74, 6) is -2.82. The van der Waals surface area contributed by atoms with Crippen molar-refractivity contribution in [1.29, 1.82) is 0 Å². The number of hydrogen-bond donors (Lipinski definition) is 3. The fourth-order valence-electron chi connectivity index (χ4n) is 3.64. The minimum Gasteiger partial charge on any atom is -0.444 e. The third-order valence-corrected chi connectivity index (χ3v) is 5.78. The van der Waals surface area contributed by atoms with Crippen LogP contribution in [0.15, 0.2) is 30.3 Å². The maximum absolute atomic E-state index is 13.2. The highest BCUT2D eigenvalue weighted by Crippen LogP contribution is 2.29. The van der Waals surface area contributed by atoms with Crippen molar-refractivity contribution in [2.45, 2.75) is 89.7 Å². The summed E-state index contributed by atoms with van der Waals surface area (Å²) < 4.78 is 70.4. The van der Waals surface area contributed by atoms with Gasteiger partial charge in [-0.05, 0) is 46.6 Å². The number of ketones is 1. The van der Waals surface area contributed by atoms with Crippen LogP contribution in [0, 0.1) is 0 Å². The number of nitrogens with one attached hydrogen (secondary N) is 3. The maximum Gasteiger partial charge on any atom is 0.408 e. The Hall–Kier alpha value is -3.30. The summed E-state index contributed by atoms with van der Waals surface area (Å²) in [4.78, 5) is 51.7. The van der Waals surface area contributed by atoms with Crippen LogP contribution in [0.3, 0.4) is 0 Å². The van der Waals surface area contributed by atoms with Crippen LogP contribution in [0.1, 0.15) is 40.2 Å². The number of ether oxygens (including phenoxy) is 4. The van der Waals surface area contributed by atoms with Crippen molar-refractivity contribution in [3.05, 3.63) is 35.9 Å². The van der Waals surface area contributed by atoms with Gasteiger partial charge in [-0.25, -0.2) is 4.79 Å². The molecule has 0 aromatic heterocycles. The van der Waals surface area contributed by atoms with Crippen molar-refractivity contribution in [3.8, 4) is 0 Å². The Morgan fingerprint density at radius 1 is 0.951 bits per heavy atom. The molecule has 1 saturated heterocycles. The van der Waals surface area contributed by atoms with E-state index in [0.29, 0.717) is 5.56 Å². The molecule has 41 heavy (non-hydrogen) atoms. The number of alkyl carbamates (subject to hydrolysis) is 1. The zero-order chi connectivity index (χ0) is 31.0. The average Bonchev–Trinajstić information content (AvgIpc) is 3.61. The predicted molar refractivity (Wildman–Crippen MR) is 135 cm³/mol. The summed E-state index contributed by atoms with van der Waals surface area (Å²) in [6, 6.07) is 3.73. The van der Waals surface area contributed by atoms with Crippen LogP contribution in [0.4, 0.5) is 22.4 Å². The standard InChI is InChI=1S/C26H35F4N3O8/c1-14(40-23(29)30)18(33-24(37)41-25(2,3)4)21(36)32-17(12-38-22(27)28)20(35)31-16(19(34)26(5)13-39-26)11-15-9-7-6-8-10-15/h6-10,14,16-18,22-23H,11-13H2,1-5H3,(H,31,35)(H,32,36)(H,33,37). The molecule has 2 rings (SSSR count). The van der Waals surface area contributed by atoms with Gasteiger partial charge in [0.15, 0.2) is 5.78 Å². The fraction of sp³-hybridized carbons (Fsp3) is 0.615. The summed E-state index contributed by atoms with van der Waals surface area (Å²) in [5, 5.41) is 6.64. The number of epoxide rings is 1. The van der Waals surface area contributed by atoms with Gasteiger partial charge in [0.25, 0.3) is 0 Å². The smallest absolute Gasteiger partial charge is 0.408 e. The van der Waals surface area contributed by atoms with Gasteiger partial charge in [0, 0.05) is 0 Å². The molecular formula is C26H35F4N3O8. The van der Waals surface area contributed by atoms with Crippen molar-refractivity contribution in [3.63, 3.8) is 0 Å². The van der Waals surface area contributed by atoms with Crippen LogP contribution in [-0.4, -0.2) is 85.6 Å². The number of hydrogen-bond acceptors (Lipinski definition) is 8. The van der Waals surface area contributed by atoms with Gasteiger partial charge in [-0.15, -0.1) is 0 Å².